The quantitative estimate of drug-likeness (QED) is 0.856. The summed E-state index contributed by atoms with van der Waals surface area (Å²) in [6.45, 7) is 3.01. The SMILES string of the molecule is CCCC1(C(=O)c2cnnn2-c2ccccc2)CCCN1. The highest BCUT2D eigenvalue weighted by atomic mass is 16.1. The maximum atomic E-state index is 13.1. The third-order valence-corrected chi connectivity index (χ3v) is 4.14. The Hall–Kier alpha value is -2.01. The Morgan fingerprint density at radius 2 is 2.19 bits per heavy atom. The summed E-state index contributed by atoms with van der Waals surface area (Å²) in [6, 6.07) is 9.67. The molecule has 5 nitrogen and oxygen atoms in total. The molecular formula is C16H20N4O. The molecule has 2 aromatic rings. The lowest BCUT2D eigenvalue weighted by Gasteiger charge is -2.27. The topological polar surface area (TPSA) is 59.8 Å². The van der Waals surface area contributed by atoms with Crippen LogP contribution in [0, 0.1) is 0 Å². The molecule has 2 heterocycles. The van der Waals surface area contributed by atoms with Crippen molar-refractivity contribution in [3.05, 3.63) is 42.2 Å². The number of hydrogen-bond acceptors (Lipinski definition) is 4. The van der Waals surface area contributed by atoms with E-state index in [1.165, 1.54) is 0 Å². The van der Waals surface area contributed by atoms with Crippen molar-refractivity contribution in [2.75, 3.05) is 6.54 Å². The highest BCUT2D eigenvalue weighted by molar-refractivity contribution is 6.02. The van der Waals surface area contributed by atoms with Gasteiger partial charge in [-0.05, 0) is 37.9 Å². The van der Waals surface area contributed by atoms with Gasteiger partial charge in [0.05, 0.1) is 17.4 Å². The van der Waals surface area contributed by atoms with Gasteiger partial charge < -0.3 is 5.32 Å². The molecule has 21 heavy (non-hydrogen) atoms. The van der Waals surface area contributed by atoms with Crippen molar-refractivity contribution in [1.29, 1.82) is 0 Å². The fraction of sp³-hybridized carbons (Fsp3) is 0.438. The Labute approximate surface area is 124 Å². The second kappa shape index (κ2) is 5.77. The molecule has 1 unspecified atom stereocenters. The van der Waals surface area contributed by atoms with Gasteiger partial charge in [-0.1, -0.05) is 36.8 Å². The number of para-hydroxylation sites is 1. The van der Waals surface area contributed by atoms with Crippen molar-refractivity contribution in [2.24, 2.45) is 0 Å². The third-order valence-electron chi connectivity index (χ3n) is 4.14. The summed E-state index contributed by atoms with van der Waals surface area (Å²) in [6.07, 6.45) is 5.34. The number of aromatic nitrogens is 3. The minimum atomic E-state index is -0.441. The number of carbonyl (C=O) groups is 1. The van der Waals surface area contributed by atoms with Gasteiger partial charge in [-0.25, -0.2) is 4.68 Å². The van der Waals surface area contributed by atoms with E-state index < -0.39 is 5.54 Å². The molecule has 1 aliphatic rings. The van der Waals surface area contributed by atoms with E-state index in [2.05, 4.69) is 22.6 Å². The van der Waals surface area contributed by atoms with Crippen LogP contribution in [0.4, 0.5) is 0 Å². The van der Waals surface area contributed by atoms with Gasteiger partial charge in [-0.15, -0.1) is 5.10 Å². The summed E-state index contributed by atoms with van der Waals surface area (Å²) in [5, 5.41) is 11.5. The van der Waals surface area contributed by atoms with E-state index in [0.29, 0.717) is 5.69 Å². The first-order chi connectivity index (χ1) is 10.3. The molecule has 1 aromatic carbocycles. The van der Waals surface area contributed by atoms with Crippen LogP contribution in [0.15, 0.2) is 36.5 Å². The number of rotatable bonds is 5. The molecule has 1 aromatic heterocycles. The molecule has 1 fully saturated rings. The van der Waals surface area contributed by atoms with E-state index in [4.69, 9.17) is 0 Å². The maximum Gasteiger partial charge on any atom is 0.202 e. The third kappa shape index (κ3) is 2.49. The van der Waals surface area contributed by atoms with E-state index in [1.807, 2.05) is 30.3 Å². The molecule has 0 spiro atoms. The minimum absolute atomic E-state index is 0.107. The zero-order valence-electron chi connectivity index (χ0n) is 12.2. The number of nitrogens with zero attached hydrogens (tertiary/aromatic N) is 3. The first kappa shape index (κ1) is 13.9. The van der Waals surface area contributed by atoms with Crippen LogP contribution in [0.2, 0.25) is 0 Å². The molecule has 0 radical (unpaired) electrons. The predicted octanol–water partition coefficient (Wildman–Crippen LogP) is 2.37. The second-order valence-electron chi connectivity index (χ2n) is 5.56. The number of Topliss-reactive ketones (excluding diaryl/α,β-unsaturated/α-hetero) is 1. The Morgan fingerprint density at radius 1 is 1.38 bits per heavy atom. The first-order valence-corrected chi connectivity index (χ1v) is 7.53. The molecule has 1 atom stereocenters. The first-order valence-electron chi connectivity index (χ1n) is 7.53. The molecule has 0 aliphatic carbocycles. The lowest BCUT2D eigenvalue weighted by molar-refractivity contribution is 0.0849. The van der Waals surface area contributed by atoms with E-state index in [1.54, 1.807) is 10.9 Å². The standard InChI is InChI=1S/C16H20N4O/c1-2-9-16(10-6-11-17-16)15(21)14-12-18-19-20(14)13-7-4-3-5-8-13/h3-5,7-8,12,17H,2,6,9-11H2,1H3. The van der Waals surface area contributed by atoms with Crippen LogP contribution in [0.1, 0.15) is 43.1 Å². The van der Waals surface area contributed by atoms with Crippen LogP contribution in [0.5, 0.6) is 0 Å². The molecule has 0 bridgehead atoms. The molecule has 0 saturated carbocycles. The monoisotopic (exact) mass is 284 g/mol. The van der Waals surface area contributed by atoms with Crippen molar-refractivity contribution >= 4 is 5.78 Å². The lowest BCUT2D eigenvalue weighted by Crippen LogP contribution is -2.48. The van der Waals surface area contributed by atoms with Gasteiger partial charge in [0.2, 0.25) is 5.78 Å². The highest BCUT2D eigenvalue weighted by Crippen LogP contribution is 2.29. The molecular weight excluding hydrogens is 264 g/mol. The summed E-state index contributed by atoms with van der Waals surface area (Å²) >= 11 is 0. The predicted molar refractivity (Wildman–Crippen MR) is 80.6 cm³/mol. The Balaban J connectivity index is 1.97. The fourth-order valence-electron chi connectivity index (χ4n) is 3.15. The van der Waals surface area contributed by atoms with E-state index in [-0.39, 0.29) is 5.78 Å². The van der Waals surface area contributed by atoms with Crippen molar-refractivity contribution in [3.8, 4) is 5.69 Å². The van der Waals surface area contributed by atoms with Crippen LogP contribution in [0.25, 0.3) is 5.69 Å². The van der Waals surface area contributed by atoms with E-state index in [9.17, 15) is 4.79 Å². The van der Waals surface area contributed by atoms with Crippen molar-refractivity contribution in [2.45, 2.75) is 38.1 Å². The highest BCUT2D eigenvalue weighted by Gasteiger charge is 2.41. The Bertz CT molecular complexity index is 614. The molecule has 0 amide bonds. The number of carbonyl (C=O) groups excluding carboxylic acids is 1. The largest absolute Gasteiger partial charge is 0.305 e. The molecule has 1 N–H and O–H groups in total. The average Bonchev–Trinajstić information content (AvgIpc) is 3.17. The second-order valence-corrected chi connectivity index (χ2v) is 5.56. The lowest BCUT2D eigenvalue weighted by atomic mass is 9.86. The Kier molecular flexibility index (Phi) is 3.84. The van der Waals surface area contributed by atoms with Gasteiger partial charge in [0.1, 0.15) is 5.69 Å². The summed E-state index contributed by atoms with van der Waals surface area (Å²) < 4.78 is 1.64. The average molecular weight is 284 g/mol. The number of ketones is 1. The van der Waals surface area contributed by atoms with Gasteiger partial charge >= 0.3 is 0 Å². The van der Waals surface area contributed by atoms with E-state index in [0.717, 1.165) is 37.9 Å². The van der Waals surface area contributed by atoms with Crippen LogP contribution in [-0.2, 0) is 0 Å². The summed E-state index contributed by atoms with van der Waals surface area (Å²) in [5.41, 5.74) is 0.982. The fourth-order valence-corrected chi connectivity index (χ4v) is 3.15. The van der Waals surface area contributed by atoms with Crippen LogP contribution >= 0.6 is 0 Å². The van der Waals surface area contributed by atoms with Crippen molar-refractivity contribution < 1.29 is 4.79 Å². The van der Waals surface area contributed by atoms with Gasteiger partial charge in [0, 0.05) is 0 Å². The van der Waals surface area contributed by atoms with Gasteiger partial charge in [-0.3, -0.25) is 4.79 Å². The summed E-state index contributed by atoms with van der Waals surface area (Å²) in [4.78, 5) is 13.1. The molecule has 3 rings (SSSR count). The van der Waals surface area contributed by atoms with Gasteiger partial charge in [0.15, 0.2) is 0 Å². The summed E-state index contributed by atoms with van der Waals surface area (Å²) in [7, 11) is 0. The Morgan fingerprint density at radius 3 is 2.86 bits per heavy atom. The minimum Gasteiger partial charge on any atom is -0.305 e. The zero-order chi connectivity index (χ0) is 14.7. The molecule has 5 heteroatoms. The van der Waals surface area contributed by atoms with Crippen molar-refractivity contribution in [1.82, 2.24) is 20.3 Å². The number of nitrogens with one attached hydrogen (secondary N) is 1. The van der Waals surface area contributed by atoms with Gasteiger partial charge in [0.25, 0.3) is 0 Å². The van der Waals surface area contributed by atoms with Gasteiger partial charge in [-0.2, -0.15) is 0 Å². The van der Waals surface area contributed by atoms with Crippen LogP contribution in [0.3, 0.4) is 0 Å². The molecule has 1 aliphatic heterocycles. The van der Waals surface area contributed by atoms with Crippen LogP contribution in [-0.4, -0.2) is 32.9 Å². The van der Waals surface area contributed by atoms with E-state index >= 15 is 0 Å². The molecule has 110 valence electrons. The van der Waals surface area contributed by atoms with Crippen LogP contribution < -0.4 is 5.32 Å². The number of benzene rings is 1. The maximum absolute atomic E-state index is 13.1. The number of hydrogen-bond donors (Lipinski definition) is 1. The molecule has 1 saturated heterocycles. The zero-order valence-corrected chi connectivity index (χ0v) is 12.2. The van der Waals surface area contributed by atoms with Crippen molar-refractivity contribution in [3.63, 3.8) is 0 Å². The smallest absolute Gasteiger partial charge is 0.202 e. The summed E-state index contributed by atoms with van der Waals surface area (Å²) in [5.74, 6) is 0.107. The normalized spacial score (nSPS) is 21.6.